The number of benzene rings is 2. The van der Waals surface area contributed by atoms with E-state index in [0.717, 1.165) is 41.7 Å². The lowest BCUT2D eigenvalue weighted by molar-refractivity contribution is -0.384. The van der Waals surface area contributed by atoms with E-state index in [1.54, 1.807) is 12.3 Å². The average molecular weight is 498 g/mol. The summed E-state index contributed by atoms with van der Waals surface area (Å²) in [7, 11) is 5.85. The Morgan fingerprint density at radius 1 is 1.11 bits per heavy atom. The van der Waals surface area contributed by atoms with Crippen LogP contribution < -0.4 is 10.2 Å². The highest BCUT2D eigenvalue weighted by Crippen LogP contribution is 2.37. The number of para-hydroxylation sites is 1. The van der Waals surface area contributed by atoms with Crippen LogP contribution in [0.1, 0.15) is 11.3 Å². The Morgan fingerprint density at radius 3 is 2.70 bits per heavy atom. The summed E-state index contributed by atoms with van der Waals surface area (Å²) in [4.78, 5) is 24.9. The van der Waals surface area contributed by atoms with Crippen molar-refractivity contribution in [3.8, 4) is 11.3 Å². The second-order valence-electron chi connectivity index (χ2n) is 9.65. The molecule has 1 aliphatic rings. The maximum Gasteiger partial charge on any atom is 0.294 e. The first-order valence-corrected chi connectivity index (χ1v) is 12.3. The molecule has 2 aromatic carbocycles. The van der Waals surface area contributed by atoms with Crippen LogP contribution in [0, 0.1) is 17.0 Å². The molecule has 0 saturated heterocycles. The molecule has 9 heteroatoms. The van der Waals surface area contributed by atoms with Gasteiger partial charge in [0, 0.05) is 67.5 Å². The number of nitro groups is 1. The van der Waals surface area contributed by atoms with Gasteiger partial charge in [0.05, 0.1) is 16.3 Å². The predicted octanol–water partition coefficient (Wildman–Crippen LogP) is 5.17. The molecule has 0 bridgehead atoms. The zero-order valence-corrected chi connectivity index (χ0v) is 21.6. The molecule has 1 N–H and O–H groups in total. The number of hydrogen-bond donors (Lipinski definition) is 1. The highest BCUT2D eigenvalue weighted by molar-refractivity contribution is 5.97. The van der Waals surface area contributed by atoms with Crippen molar-refractivity contribution in [1.29, 1.82) is 0 Å². The third-order valence-electron chi connectivity index (χ3n) is 6.81. The molecule has 9 nitrogen and oxygen atoms in total. The monoisotopic (exact) mass is 497 g/mol. The smallest absolute Gasteiger partial charge is 0.294 e. The molecule has 0 atom stereocenters. The molecule has 0 unspecified atom stereocenters. The van der Waals surface area contributed by atoms with E-state index in [0.29, 0.717) is 23.9 Å². The van der Waals surface area contributed by atoms with Crippen molar-refractivity contribution in [3.05, 3.63) is 82.2 Å². The van der Waals surface area contributed by atoms with E-state index in [4.69, 9.17) is 4.98 Å². The summed E-state index contributed by atoms with van der Waals surface area (Å²) in [6.45, 7) is 4.24. The van der Waals surface area contributed by atoms with Crippen molar-refractivity contribution in [1.82, 2.24) is 19.4 Å². The van der Waals surface area contributed by atoms with Gasteiger partial charge < -0.3 is 19.7 Å². The van der Waals surface area contributed by atoms with E-state index in [1.807, 2.05) is 51.2 Å². The lowest BCUT2D eigenvalue weighted by atomic mass is 10.0. The molecule has 0 aliphatic carbocycles. The Labute approximate surface area is 216 Å². The third-order valence-corrected chi connectivity index (χ3v) is 6.81. The first-order valence-electron chi connectivity index (χ1n) is 12.3. The van der Waals surface area contributed by atoms with Crippen LogP contribution in [0.5, 0.6) is 0 Å². The summed E-state index contributed by atoms with van der Waals surface area (Å²) in [6.07, 6.45) is 6.95. The topological polar surface area (TPSA) is 92.4 Å². The number of allylic oxidation sites excluding steroid dienone is 2. The Morgan fingerprint density at radius 2 is 1.92 bits per heavy atom. The molecule has 0 radical (unpaired) electrons. The molecule has 2 aromatic heterocycles. The average Bonchev–Trinajstić information content (AvgIpc) is 3.23. The van der Waals surface area contributed by atoms with Crippen LogP contribution in [-0.4, -0.2) is 58.6 Å². The molecule has 0 saturated carbocycles. The van der Waals surface area contributed by atoms with Crippen LogP contribution in [0.2, 0.25) is 0 Å². The molecule has 5 rings (SSSR count). The molecule has 1 aliphatic heterocycles. The number of aryl methyl sites for hydroxylation is 1. The van der Waals surface area contributed by atoms with Gasteiger partial charge in [0.2, 0.25) is 5.95 Å². The maximum absolute atomic E-state index is 12.0. The highest BCUT2D eigenvalue weighted by atomic mass is 16.6. The predicted molar refractivity (Wildman–Crippen MR) is 149 cm³/mol. The van der Waals surface area contributed by atoms with Gasteiger partial charge in [-0.1, -0.05) is 30.4 Å². The maximum atomic E-state index is 12.0. The van der Waals surface area contributed by atoms with Crippen LogP contribution in [0.15, 0.2) is 60.8 Å². The minimum absolute atomic E-state index is 0.0461. The summed E-state index contributed by atoms with van der Waals surface area (Å²) < 4.78 is 2.33. The lowest BCUT2D eigenvalue weighted by Gasteiger charge is -2.22. The van der Waals surface area contributed by atoms with Crippen molar-refractivity contribution in [2.75, 3.05) is 44.4 Å². The largest absolute Gasteiger partial charge is 0.368 e. The van der Waals surface area contributed by atoms with E-state index in [2.05, 4.69) is 50.1 Å². The summed E-state index contributed by atoms with van der Waals surface area (Å²) in [6, 6.07) is 13.7. The zero-order chi connectivity index (χ0) is 26.1. The summed E-state index contributed by atoms with van der Waals surface area (Å²) >= 11 is 0. The van der Waals surface area contributed by atoms with Crippen LogP contribution in [0.3, 0.4) is 0 Å². The van der Waals surface area contributed by atoms with Crippen molar-refractivity contribution < 1.29 is 4.92 Å². The number of aromatic nitrogens is 3. The second-order valence-corrected chi connectivity index (χ2v) is 9.65. The summed E-state index contributed by atoms with van der Waals surface area (Å²) in [5.41, 5.74) is 6.46. The van der Waals surface area contributed by atoms with Crippen molar-refractivity contribution in [3.63, 3.8) is 0 Å². The van der Waals surface area contributed by atoms with Gasteiger partial charge in [-0.3, -0.25) is 10.1 Å². The zero-order valence-electron chi connectivity index (χ0n) is 21.6. The van der Waals surface area contributed by atoms with Gasteiger partial charge in [0.25, 0.3) is 5.69 Å². The highest BCUT2D eigenvalue weighted by Gasteiger charge is 2.22. The minimum atomic E-state index is -0.337. The molecule has 3 heterocycles. The molecule has 0 fully saturated rings. The summed E-state index contributed by atoms with van der Waals surface area (Å²) in [5, 5.41) is 16.3. The first-order chi connectivity index (χ1) is 17.8. The number of fused-ring (bicyclic) bond motifs is 3. The van der Waals surface area contributed by atoms with E-state index in [9.17, 15) is 10.1 Å². The van der Waals surface area contributed by atoms with Gasteiger partial charge in [0.1, 0.15) is 5.69 Å². The molecule has 4 aromatic rings. The van der Waals surface area contributed by atoms with E-state index in [1.165, 1.54) is 11.2 Å². The van der Waals surface area contributed by atoms with Crippen LogP contribution in [0.25, 0.3) is 22.2 Å². The van der Waals surface area contributed by atoms with E-state index < -0.39 is 0 Å². The molecule has 190 valence electrons. The number of rotatable bonds is 8. The fraction of sp³-hybridized carbons (Fsp3) is 0.286. The van der Waals surface area contributed by atoms with Gasteiger partial charge in [-0.15, -0.1) is 0 Å². The first kappa shape index (κ1) is 24.5. The quantitative estimate of drug-likeness (QED) is 0.204. The number of hydrogen-bond acceptors (Lipinski definition) is 7. The number of nitrogens with zero attached hydrogens (tertiary/aromatic N) is 6. The Hall–Kier alpha value is -4.24. The Kier molecular flexibility index (Phi) is 6.62. The van der Waals surface area contributed by atoms with E-state index >= 15 is 0 Å². The Bertz CT molecular complexity index is 1510. The van der Waals surface area contributed by atoms with Crippen LogP contribution in [0.4, 0.5) is 23.0 Å². The number of nitro benzene ring substituents is 1. The molecule has 0 spiro atoms. The van der Waals surface area contributed by atoms with Gasteiger partial charge in [-0.2, -0.15) is 0 Å². The Balaban J connectivity index is 1.50. The van der Waals surface area contributed by atoms with Gasteiger partial charge >= 0.3 is 0 Å². The fourth-order valence-electron chi connectivity index (χ4n) is 4.85. The lowest BCUT2D eigenvalue weighted by Crippen LogP contribution is -2.29. The van der Waals surface area contributed by atoms with Gasteiger partial charge in [0.15, 0.2) is 0 Å². The number of anilines is 3. The van der Waals surface area contributed by atoms with Crippen molar-refractivity contribution in [2.24, 2.45) is 0 Å². The second kappa shape index (κ2) is 10.0. The third kappa shape index (κ3) is 4.77. The normalized spacial score (nSPS) is 12.7. The minimum Gasteiger partial charge on any atom is -0.368 e. The molecule has 37 heavy (non-hydrogen) atoms. The molecular formula is C28H31N7O2. The SMILES string of the molecule is Cc1cc(N(C)CCN(C)C)c([N+](=O)[O-])cc1Nc1nccc(-c2c3n(c4ccccc24)CC=CC3)n1. The standard InChI is InChI=1S/C28H31N7O2/c1-19-17-25(33(4)16-15-32(2)3)26(35(36)37)18-22(19)31-28-29-13-12-21(30-28)27-20-9-5-6-10-23(20)34-14-8-7-11-24(27)34/h5-10,12-13,17-18H,11,14-16H2,1-4H3,(H,29,30,31). The fourth-order valence-corrected chi connectivity index (χ4v) is 4.85. The van der Waals surface area contributed by atoms with Crippen LogP contribution >= 0.6 is 0 Å². The summed E-state index contributed by atoms with van der Waals surface area (Å²) in [5.74, 6) is 0.402. The van der Waals surface area contributed by atoms with Gasteiger partial charge in [-0.25, -0.2) is 9.97 Å². The van der Waals surface area contributed by atoms with Crippen molar-refractivity contribution >= 4 is 33.9 Å². The number of likely N-dealkylation sites (N-methyl/N-ethyl adjacent to an activating group) is 2. The van der Waals surface area contributed by atoms with Gasteiger partial charge in [-0.05, 0) is 44.8 Å². The van der Waals surface area contributed by atoms with E-state index in [-0.39, 0.29) is 10.6 Å². The van der Waals surface area contributed by atoms with Crippen molar-refractivity contribution in [2.45, 2.75) is 19.9 Å². The number of nitrogens with one attached hydrogen (secondary N) is 1. The molecule has 0 amide bonds. The molecular weight excluding hydrogens is 466 g/mol. The van der Waals surface area contributed by atoms with Crippen LogP contribution in [-0.2, 0) is 13.0 Å².